The summed E-state index contributed by atoms with van der Waals surface area (Å²) in [6.07, 6.45) is 15.3. The van der Waals surface area contributed by atoms with Gasteiger partial charge in [0.2, 0.25) is 5.82 Å². The molecule has 0 spiro atoms. The molecule has 2 aliphatic carbocycles. The summed E-state index contributed by atoms with van der Waals surface area (Å²) in [5, 5.41) is 0. The van der Waals surface area contributed by atoms with Crippen molar-refractivity contribution in [2.24, 2.45) is 17.8 Å². The number of allylic oxidation sites excluding steroid dienone is 3. The summed E-state index contributed by atoms with van der Waals surface area (Å²) < 4.78 is 34.4. The SMILES string of the molecule is C=CCC1CCC(C2CC=C(c3ccc(OCCCC)c(F)c3F)CC2)CC1. The second kappa shape index (κ2) is 10.2. The average molecular weight is 389 g/mol. The van der Waals surface area contributed by atoms with E-state index in [0.717, 1.165) is 55.9 Å². The smallest absolute Gasteiger partial charge is 0.201 e. The Balaban J connectivity index is 1.60. The van der Waals surface area contributed by atoms with Crippen molar-refractivity contribution < 1.29 is 13.5 Å². The third-order valence-corrected chi connectivity index (χ3v) is 6.66. The van der Waals surface area contributed by atoms with E-state index >= 15 is 0 Å². The molecule has 0 bridgehead atoms. The summed E-state index contributed by atoms with van der Waals surface area (Å²) in [5.74, 6) is 0.715. The van der Waals surface area contributed by atoms with E-state index in [1.54, 1.807) is 12.1 Å². The van der Waals surface area contributed by atoms with E-state index in [2.05, 4.69) is 18.7 Å². The topological polar surface area (TPSA) is 9.23 Å². The molecule has 3 rings (SSSR count). The summed E-state index contributed by atoms with van der Waals surface area (Å²) in [6, 6.07) is 3.27. The minimum Gasteiger partial charge on any atom is -0.490 e. The van der Waals surface area contributed by atoms with Gasteiger partial charge in [-0.15, -0.1) is 6.58 Å². The average Bonchev–Trinajstić information content (AvgIpc) is 2.72. The largest absolute Gasteiger partial charge is 0.490 e. The van der Waals surface area contributed by atoms with Crippen LogP contribution in [-0.4, -0.2) is 6.61 Å². The first-order valence-electron chi connectivity index (χ1n) is 11.0. The molecular formula is C25H34F2O. The second-order valence-corrected chi connectivity index (χ2v) is 8.51. The first-order chi connectivity index (χ1) is 13.6. The van der Waals surface area contributed by atoms with Crippen LogP contribution in [0.5, 0.6) is 5.75 Å². The van der Waals surface area contributed by atoms with Gasteiger partial charge in [0.1, 0.15) is 0 Å². The van der Waals surface area contributed by atoms with Crippen LogP contribution >= 0.6 is 0 Å². The van der Waals surface area contributed by atoms with Crippen LogP contribution in [0, 0.1) is 29.4 Å². The molecule has 0 aliphatic heterocycles. The molecule has 28 heavy (non-hydrogen) atoms. The molecule has 1 unspecified atom stereocenters. The Morgan fingerprint density at radius 3 is 2.50 bits per heavy atom. The standard InChI is InChI=1S/C25H34F2O/c1-3-5-17-28-23-16-15-22(24(26)25(23)27)21-13-11-20(12-14-21)19-9-7-18(6-4-2)8-10-19/h4,13,15-16,18-20H,2-3,5-12,14,17H2,1H3. The Bertz CT molecular complexity index is 686. The fraction of sp³-hybridized carbons (Fsp3) is 0.600. The summed E-state index contributed by atoms with van der Waals surface area (Å²) in [5.41, 5.74) is 1.36. The van der Waals surface area contributed by atoms with Crippen LogP contribution in [0.25, 0.3) is 5.57 Å². The van der Waals surface area contributed by atoms with Crippen molar-refractivity contribution in [3.8, 4) is 5.75 Å². The fourth-order valence-electron chi connectivity index (χ4n) is 4.88. The van der Waals surface area contributed by atoms with Crippen LogP contribution in [0.3, 0.4) is 0 Å². The number of hydrogen-bond donors (Lipinski definition) is 0. The molecule has 0 saturated heterocycles. The highest BCUT2D eigenvalue weighted by Gasteiger charge is 2.29. The molecule has 1 aromatic carbocycles. The quantitative estimate of drug-likeness (QED) is 0.327. The normalized spacial score (nSPS) is 25.2. The molecule has 1 saturated carbocycles. The van der Waals surface area contributed by atoms with Crippen LogP contribution in [0.2, 0.25) is 0 Å². The summed E-state index contributed by atoms with van der Waals surface area (Å²) in [7, 11) is 0. The first kappa shape index (κ1) is 21.1. The van der Waals surface area contributed by atoms with Gasteiger partial charge in [0, 0.05) is 5.56 Å². The maximum atomic E-state index is 14.6. The van der Waals surface area contributed by atoms with Crippen LogP contribution in [-0.2, 0) is 0 Å². The van der Waals surface area contributed by atoms with E-state index in [-0.39, 0.29) is 5.75 Å². The lowest BCUT2D eigenvalue weighted by Crippen LogP contribution is -2.23. The Morgan fingerprint density at radius 1 is 1.07 bits per heavy atom. The van der Waals surface area contributed by atoms with Crippen molar-refractivity contribution in [1.29, 1.82) is 0 Å². The summed E-state index contributed by atoms with van der Waals surface area (Å²) in [4.78, 5) is 0. The molecular weight excluding hydrogens is 354 g/mol. The summed E-state index contributed by atoms with van der Waals surface area (Å²) in [6.45, 7) is 6.33. The molecule has 2 aliphatic rings. The van der Waals surface area contributed by atoms with E-state index in [1.807, 2.05) is 6.92 Å². The van der Waals surface area contributed by atoms with Gasteiger partial charge in [0.15, 0.2) is 11.6 Å². The predicted molar refractivity (Wildman–Crippen MR) is 112 cm³/mol. The molecule has 0 amide bonds. The van der Waals surface area contributed by atoms with E-state index in [1.165, 1.54) is 25.7 Å². The van der Waals surface area contributed by atoms with Crippen molar-refractivity contribution in [2.45, 2.75) is 71.1 Å². The highest BCUT2D eigenvalue weighted by Crippen LogP contribution is 2.42. The minimum absolute atomic E-state index is 0.0280. The molecule has 1 atom stereocenters. The van der Waals surface area contributed by atoms with Crippen molar-refractivity contribution >= 4 is 5.57 Å². The maximum Gasteiger partial charge on any atom is 0.201 e. The first-order valence-corrected chi connectivity index (χ1v) is 11.0. The zero-order chi connectivity index (χ0) is 19.9. The Labute approximate surface area is 168 Å². The number of halogens is 2. The Kier molecular flexibility index (Phi) is 7.70. The van der Waals surface area contributed by atoms with Crippen LogP contribution < -0.4 is 4.74 Å². The van der Waals surface area contributed by atoms with Gasteiger partial charge in [0.25, 0.3) is 0 Å². The van der Waals surface area contributed by atoms with Crippen molar-refractivity contribution in [1.82, 2.24) is 0 Å². The van der Waals surface area contributed by atoms with Gasteiger partial charge in [-0.25, -0.2) is 4.39 Å². The van der Waals surface area contributed by atoms with Gasteiger partial charge >= 0.3 is 0 Å². The lowest BCUT2D eigenvalue weighted by molar-refractivity contribution is 0.195. The molecule has 1 aromatic rings. The van der Waals surface area contributed by atoms with Crippen LogP contribution in [0.1, 0.15) is 76.7 Å². The molecule has 0 radical (unpaired) electrons. The maximum absolute atomic E-state index is 14.6. The number of benzene rings is 1. The zero-order valence-electron chi connectivity index (χ0n) is 17.2. The van der Waals surface area contributed by atoms with Gasteiger partial charge in [0.05, 0.1) is 6.61 Å². The second-order valence-electron chi connectivity index (χ2n) is 8.51. The van der Waals surface area contributed by atoms with Crippen molar-refractivity contribution in [3.63, 3.8) is 0 Å². The molecule has 0 aromatic heterocycles. The van der Waals surface area contributed by atoms with Crippen LogP contribution in [0.15, 0.2) is 30.9 Å². The molecule has 1 nitrogen and oxygen atoms in total. The third-order valence-electron chi connectivity index (χ3n) is 6.66. The van der Waals surface area contributed by atoms with Gasteiger partial charge in [-0.3, -0.25) is 0 Å². The monoisotopic (exact) mass is 388 g/mol. The Hall–Kier alpha value is -1.64. The molecule has 0 N–H and O–H groups in total. The number of rotatable bonds is 8. The minimum atomic E-state index is -0.850. The lowest BCUT2D eigenvalue weighted by Gasteiger charge is -2.35. The van der Waals surface area contributed by atoms with Gasteiger partial charge in [-0.2, -0.15) is 4.39 Å². The number of ether oxygens (including phenoxy) is 1. The molecule has 1 fully saturated rings. The van der Waals surface area contributed by atoms with Crippen molar-refractivity contribution in [2.75, 3.05) is 6.61 Å². The van der Waals surface area contributed by atoms with E-state index in [9.17, 15) is 8.78 Å². The lowest BCUT2D eigenvalue weighted by atomic mass is 9.70. The Morgan fingerprint density at radius 2 is 1.86 bits per heavy atom. The highest BCUT2D eigenvalue weighted by atomic mass is 19.2. The third kappa shape index (κ3) is 5.04. The van der Waals surface area contributed by atoms with E-state index < -0.39 is 11.6 Å². The van der Waals surface area contributed by atoms with Crippen LogP contribution in [0.4, 0.5) is 8.78 Å². The van der Waals surface area contributed by atoms with Crippen molar-refractivity contribution in [3.05, 3.63) is 48.1 Å². The molecule has 3 heteroatoms. The van der Waals surface area contributed by atoms with Gasteiger partial charge in [-0.1, -0.05) is 25.5 Å². The zero-order valence-corrected chi connectivity index (χ0v) is 17.2. The number of unbranched alkanes of at least 4 members (excludes halogenated alkanes) is 1. The predicted octanol–water partition coefficient (Wildman–Crippen LogP) is 7.71. The van der Waals surface area contributed by atoms with E-state index in [0.29, 0.717) is 18.1 Å². The number of hydrogen-bond acceptors (Lipinski definition) is 1. The van der Waals surface area contributed by atoms with E-state index in [4.69, 9.17) is 4.74 Å². The summed E-state index contributed by atoms with van der Waals surface area (Å²) >= 11 is 0. The molecule has 154 valence electrons. The molecule has 0 heterocycles. The van der Waals surface area contributed by atoms with Gasteiger partial charge < -0.3 is 4.74 Å². The van der Waals surface area contributed by atoms with Gasteiger partial charge in [-0.05, 0) is 93.2 Å². The fourth-order valence-corrected chi connectivity index (χ4v) is 4.88. The highest BCUT2D eigenvalue weighted by molar-refractivity contribution is 5.67.